The van der Waals surface area contributed by atoms with Crippen LogP contribution in [0, 0.1) is 5.92 Å². The van der Waals surface area contributed by atoms with Crippen molar-refractivity contribution in [1.29, 1.82) is 0 Å². The second-order valence-electron chi connectivity index (χ2n) is 10.3. The molecule has 0 bridgehead atoms. The molecule has 0 amide bonds. The van der Waals surface area contributed by atoms with Crippen molar-refractivity contribution in [1.82, 2.24) is 19.4 Å². The fraction of sp³-hybridized carbons (Fsp3) is 0.429. The zero-order valence-corrected chi connectivity index (χ0v) is 23.2. The molecular formula is C28H30F6N4O5. The molecule has 0 atom stereocenters. The molecule has 0 unspecified atom stereocenters. The standard InChI is InChI=1S/C24H28N4O.2C2HF3O2/c1-18(2)15-28-17-26-22-20-7-3-4-8-21(20)29-24(23(22)28)9-12-27(13-10-24)16-19-6-5-11-25-14-19;2*3-2(4,5)1(6)7/h3-8,11,14,17-18H,9-10,12-13,15-16H2,1-2H3;2*(H,6,7). The van der Waals surface area contributed by atoms with Gasteiger partial charge in [0.2, 0.25) is 0 Å². The molecule has 0 aliphatic carbocycles. The van der Waals surface area contributed by atoms with Gasteiger partial charge in [-0.3, -0.25) is 9.88 Å². The summed E-state index contributed by atoms with van der Waals surface area (Å²) in [6.45, 7) is 8.43. The number of imidazole rings is 1. The van der Waals surface area contributed by atoms with Crippen LogP contribution in [0.25, 0.3) is 11.3 Å². The number of likely N-dealkylation sites (tertiary alicyclic amines) is 1. The van der Waals surface area contributed by atoms with Gasteiger partial charge in [0, 0.05) is 57.0 Å². The minimum Gasteiger partial charge on any atom is -0.480 e. The Labute approximate surface area is 242 Å². The summed E-state index contributed by atoms with van der Waals surface area (Å²) in [5, 5.41) is 14.2. The number of aliphatic carboxylic acids is 2. The van der Waals surface area contributed by atoms with Crippen molar-refractivity contribution < 1.29 is 50.9 Å². The lowest BCUT2D eigenvalue weighted by Gasteiger charge is -2.45. The van der Waals surface area contributed by atoms with Crippen LogP contribution in [0.15, 0.2) is 55.1 Å². The van der Waals surface area contributed by atoms with E-state index in [1.807, 2.05) is 24.8 Å². The molecule has 2 N–H and O–H groups in total. The summed E-state index contributed by atoms with van der Waals surface area (Å²) in [5.41, 5.74) is 4.47. The van der Waals surface area contributed by atoms with Gasteiger partial charge >= 0.3 is 24.3 Å². The highest BCUT2D eigenvalue weighted by Gasteiger charge is 2.46. The minimum absolute atomic E-state index is 0.291. The van der Waals surface area contributed by atoms with E-state index in [0.717, 1.165) is 56.0 Å². The molecule has 0 saturated carbocycles. The molecule has 43 heavy (non-hydrogen) atoms. The smallest absolute Gasteiger partial charge is 0.480 e. The first kappa shape index (κ1) is 33.4. The predicted molar refractivity (Wildman–Crippen MR) is 141 cm³/mol. The summed E-state index contributed by atoms with van der Waals surface area (Å²) in [6, 6.07) is 12.5. The molecule has 4 heterocycles. The van der Waals surface area contributed by atoms with Crippen LogP contribution in [0.3, 0.4) is 0 Å². The number of nitrogens with zero attached hydrogens (tertiary/aromatic N) is 4. The number of hydrogen-bond donors (Lipinski definition) is 2. The van der Waals surface area contributed by atoms with Crippen LogP contribution in [-0.4, -0.2) is 67.0 Å². The van der Waals surface area contributed by atoms with Gasteiger partial charge in [0.1, 0.15) is 5.75 Å². The maximum absolute atomic E-state index is 10.6. The predicted octanol–water partition coefficient (Wildman–Crippen LogP) is 5.75. The largest absolute Gasteiger partial charge is 0.490 e. The molecule has 234 valence electrons. The second kappa shape index (κ2) is 13.4. The van der Waals surface area contributed by atoms with E-state index in [1.54, 1.807) is 0 Å². The zero-order valence-electron chi connectivity index (χ0n) is 23.2. The van der Waals surface area contributed by atoms with Crippen LogP contribution in [0.5, 0.6) is 5.75 Å². The van der Waals surface area contributed by atoms with E-state index in [2.05, 4.69) is 58.6 Å². The maximum atomic E-state index is 10.6. The number of para-hydroxylation sites is 1. The molecule has 2 aliphatic heterocycles. The molecule has 5 rings (SSSR count). The molecule has 1 saturated heterocycles. The highest BCUT2D eigenvalue weighted by Crippen LogP contribution is 2.49. The van der Waals surface area contributed by atoms with E-state index in [4.69, 9.17) is 29.5 Å². The van der Waals surface area contributed by atoms with Crippen LogP contribution in [0.1, 0.15) is 37.9 Å². The van der Waals surface area contributed by atoms with Gasteiger partial charge < -0.3 is 19.5 Å². The van der Waals surface area contributed by atoms with Gasteiger partial charge in [-0.05, 0) is 29.7 Å². The quantitative estimate of drug-likeness (QED) is 0.356. The van der Waals surface area contributed by atoms with E-state index in [0.29, 0.717) is 5.92 Å². The normalized spacial score (nSPS) is 15.7. The third-order valence-corrected chi connectivity index (χ3v) is 6.56. The van der Waals surface area contributed by atoms with Crippen molar-refractivity contribution in [2.45, 2.75) is 57.7 Å². The lowest BCUT2D eigenvalue weighted by Crippen LogP contribution is -2.48. The highest BCUT2D eigenvalue weighted by molar-refractivity contribution is 5.73. The molecule has 1 spiro atoms. The lowest BCUT2D eigenvalue weighted by molar-refractivity contribution is -0.193. The molecule has 9 nitrogen and oxygen atoms in total. The number of halogens is 6. The third kappa shape index (κ3) is 8.69. The van der Waals surface area contributed by atoms with Gasteiger partial charge in [0.15, 0.2) is 5.60 Å². The number of aromatic nitrogens is 3. The molecule has 15 heteroatoms. The molecular weight excluding hydrogens is 586 g/mol. The Hall–Kier alpha value is -4.14. The Kier molecular flexibility index (Phi) is 10.4. The van der Waals surface area contributed by atoms with E-state index < -0.39 is 24.3 Å². The number of hydrogen-bond acceptors (Lipinski definition) is 6. The van der Waals surface area contributed by atoms with Crippen molar-refractivity contribution in [2.24, 2.45) is 5.92 Å². The number of benzene rings is 1. The van der Waals surface area contributed by atoms with Gasteiger partial charge in [-0.1, -0.05) is 32.0 Å². The summed E-state index contributed by atoms with van der Waals surface area (Å²) in [5.74, 6) is -3.98. The second-order valence-corrected chi connectivity index (χ2v) is 10.3. The van der Waals surface area contributed by atoms with Gasteiger partial charge in [-0.2, -0.15) is 26.3 Å². The Bertz CT molecular complexity index is 1360. The number of pyridine rings is 1. The SMILES string of the molecule is CC(C)Cn1cnc2c1C1(CCN(Cc3cccnc3)CC1)Oc1ccccc1-2.O=C(O)C(F)(F)F.O=C(O)C(F)(F)F. The van der Waals surface area contributed by atoms with E-state index in [9.17, 15) is 26.3 Å². The summed E-state index contributed by atoms with van der Waals surface area (Å²) in [6.07, 6.45) is -2.41. The fourth-order valence-corrected chi connectivity index (χ4v) is 4.76. The summed E-state index contributed by atoms with van der Waals surface area (Å²) >= 11 is 0. The van der Waals surface area contributed by atoms with Crippen molar-refractivity contribution in [2.75, 3.05) is 13.1 Å². The number of carbonyl (C=O) groups is 2. The minimum atomic E-state index is -5.08. The van der Waals surface area contributed by atoms with Crippen LogP contribution >= 0.6 is 0 Å². The molecule has 2 aliphatic rings. The fourth-order valence-electron chi connectivity index (χ4n) is 4.76. The number of fused-ring (bicyclic) bond motifs is 4. The average molecular weight is 617 g/mol. The topological polar surface area (TPSA) is 118 Å². The Morgan fingerprint density at radius 3 is 2.07 bits per heavy atom. The summed E-state index contributed by atoms with van der Waals surface area (Å²) in [7, 11) is 0. The number of carboxylic acid groups (broad SMARTS) is 2. The highest BCUT2D eigenvalue weighted by atomic mass is 19.4. The lowest BCUT2D eigenvalue weighted by atomic mass is 9.83. The third-order valence-electron chi connectivity index (χ3n) is 6.56. The molecule has 1 fully saturated rings. The first-order valence-electron chi connectivity index (χ1n) is 13.1. The molecule has 2 aromatic heterocycles. The summed E-state index contributed by atoms with van der Waals surface area (Å²) in [4.78, 5) is 29.4. The van der Waals surface area contributed by atoms with Crippen molar-refractivity contribution in [3.05, 3.63) is 66.4 Å². The number of rotatable bonds is 4. The molecule has 0 radical (unpaired) electrons. The summed E-state index contributed by atoms with van der Waals surface area (Å²) < 4.78 is 72.6. The van der Waals surface area contributed by atoms with Gasteiger partial charge in [0.05, 0.1) is 17.7 Å². The Morgan fingerprint density at radius 1 is 0.977 bits per heavy atom. The first-order chi connectivity index (χ1) is 20.0. The first-order valence-corrected chi connectivity index (χ1v) is 13.1. The van der Waals surface area contributed by atoms with Crippen LogP contribution < -0.4 is 4.74 Å². The van der Waals surface area contributed by atoms with Gasteiger partial charge in [-0.25, -0.2) is 14.6 Å². The number of ether oxygens (including phenoxy) is 1. The van der Waals surface area contributed by atoms with Crippen molar-refractivity contribution in [3.63, 3.8) is 0 Å². The Morgan fingerprint density at radius 2 is 1.56 bits per heavy atom. The van der Waals surface area contributed by atoms with Crippen LogP contribution in [0.4, 0.5) is 26.3 Å². The Balaban J connectivity index is 0.000000303. The van der Waals surface area contributed by atoms with Crippen molar-refractivity contribution >= 4 is 11.9 Å². The average Bonchev–Trinajstić information content (AvgIpc) is 3.35. The van der Waals surface area contributed by atoms with Gasteiger partial charge in [-0.15, -0.1) is 0 Å². The van der Waals surface area contributed by atoms with E-state index in [1.165, 1.54) is 11.3 Å². The van der Waals surface area contributed by atoms with Crippen LogP contribution in [-0.2, 0) is 28.3 Å². The number of alkyl halides is 6. The van der Waals surface area contributed by atoms with E-state index >= 15 is 0 Å². The molecule has 3 aromatic rings. The number of piperidine rings is 1. The van der Waals surface area contributed by atoms with E-state index in [-0.39, 0.29) is 5.60 Å². The van der Waals surface area contributed by atoms with Crippen molar-refractivity contribution in [3.8, 4) is 17.0 Å². The zero-order chi connectivity index (χ0) is 32.0. The monoisotopic (exact) mass is 616 g/mol. The molecule has 1 aromatic carbocycles. The number of carboxylic acids is 2. The van der Waals surface area contributed by atoms with Crippen LogP contribution in [0.2, 0.25) is 0 Å². The maximum Gasteiger partial charge on any atom is 0.490 e. The van der Waals surface area contributed by atoms with Gasteiger partial charge in [0.25, 0.3) is 0 Å².